The molecule has 4 N–H and O–H groups in total. The van der Waals surface area contributed by atoms with E-state index in [1.54, 1.807) is 18.7 Å². The van der Waals surface area contributed by atoms with Gasteiger partial charge >= 0.3 is 6.09 Å². The van der Waals surface area contributed by atoms with Gasteiger partial charge in [0.05, 0.1) is 13.2 Å². The highest BCUT2D eigenvalue weighted by Crippen LogP contribution is 2.20. The molecule has 0 bridgehead atoms. The maximum Gasteiger partial charge on any atom is 0.409 e. The van der Waals surface area contributed by atoms with Crippen LogP contribution in [0.1, 0.15) is 32.3 Å². The number of benzene rings is 1. The average Bonchev–Trinajstić information content (AvgIpc) is 2.62. The lowest BCUT2D eigenvalue weighted by atomic mass is 9.96. The smallest absolute Gasteiger partial charge is 0.409 e. The maximum absolute atomic E-state index is 11.7. The fraction of sp³-hybridized carbons (Fsp3) is 0.556. The van der Waals surface area contributed by atoms with Gasteiger partial charge in [0.15, 0.2) is 5.96 Å². The molecule has 0 aliphatic carbocycles. The number of likely N-dealkylation sites (tertiary alicyclic amines) is 1. The molecular weight excluding hydrogens is 320 g/mol. The molecule has 0 aromatic heterocycles. The number of nitrogens with two attached hydrogens (primary N) is 1. The van der Waals surface area contributed by atoms with Crippen molar-refractivity contribution in [2.45, 2.75) is 38.3 Å². The number of hydrogen-bond donors (Lipinski definition) is 3. The fourth-order valence-electron chi connectivity index (χ4n) is 2.80. The maximum atomic E-state index is 11.7. The van der Waals surface area contributed by atoms with E-state index in [4.69, 9.17) is 10.5 Å². The molecule has 1 aromatic carbocycles. The van der Waals surface area contributed by atoms with E-state index in [2.05, 4.69) is 10.3 Å². The van der Waals surface area contributed by atoms with E-state index in [1.807, 2.05) is 30.3 Å². The first-order valence-corrected chi connectivity index (χ1v) is 8.68. The molecule has 1 amide bonds. The molecule has 1 aromatic rings. The van der Waals surface area contributed by atoms with E-state index >= 15 is 0 Å². The third-order valence-corrected chi connectivity index (χ3v) is 4.33. The van der Waals surface area contributed by atoms with Crippen LogP contribution >= 0.6 is 0 Å². The summed E-state index contributed by atoms with van der Waals surface area (Å²) in [6, 6.07) is 9.56. The Bertz CT molecular complexity index is 581. The van der Waals surface area contributed by atoms with E-state index in [0.29, 0.717) is 25.7 Å². The van der Waals surface area contributed by atoms with Crippen molar-refractivity contribution in [2.75, 3.05) is 26.2 Å². The normalized spacial score (nSPS) is 18.5. The largest absolute Gasteiger partial charge is 0.450 e. The molecule has 2 rings (SSSR count). The van der Waals surface area contributed by atoms with Gasteiger partial charge in [0.1, 0.15) is 5.60 Å². The van der Waals surface area contributed by atoms with Gasteiger partial charge < -0.3 is 25.8 Å². The Hall–Kier alpha value is -2.28. The number of aliphatic imine (C=N–C) groups is 1. The van der Waals surface area contributed by atoms with Gasteiger partial charge in [-0.15, -0.1) is 0 Å². The highest BCUT2D eigenvalue weighted by Gasteiger charge is 2.25. The van der Waals surface area contributed by atoms with Gasteiger partial charge in [-0.2, -0.15) is 0 Å². The van der Waals surface area contributed by atoms with Gasteiger partial charge in [0.25, 0.3) is 0 Å². The van der Waals surface area contributed by atoms with Crippen LogP contribution in [0.25, 0.3) is 0 Å². The van der Waals surface area contributed by atoms with Crippen LogP contribution in [-0.4, -0.2) is 54.3 Å². The lowest BCUT2D eigenvalue weighted by Crippen LogP contribution is -2.48. The van der Waals surface area contributed by atoms with Crippen molar-refractivity contribution in [2.24, 2.45) is 10.7 Å². The summed E-state index contributed by atoms with van der Waals surface area (Å²) in [6.07, 6.45) is 1.30. The molecule has 1 saturated heterocycles. The highest BCUT2D eigenvalue weighted by molar-refractivity contribution is 5.78. The molecule has 1 aliphatic heterocycles. The van der Waals surface area contributed by atoms with E-state index < -0.39 is 5.60 Å². The zero-order chi connectivity index (χ0) is 18.3. The third-order valence-electron chi connectivity index (χ3n) is 4.33. The second kappa shape index (κ2) is 8.71. The summed E-state index contributed by atoms with van der Waals surface area (Å²) in [5, 5.41) is 13.7. The molecule has 1 heterocycles. The summed E-state index contributed by atoms with van der Waals surface area (Å²) >= 11 is 0. The minimum Gasteiger partial charge on any atom is -0.450 e. The second-order valence-corrected chi connectivity index (χ2v) is 6.45. The molecule has 138 valence electrons. The lowest BCUT2D eigenvalue weighted by Gasteiger charge is -2.32. The summed E-state index contributed by atoms with van der Waals surface area (Å²) < 4.78 is 5.01. The van der Waals surface area contributed by atoms with E-state index in [-0.39, 0.29) is 18.7 Å². The van der Waals surface area contributed by atoms with Crippen molar-refractivity contribution < 1.29 is 14.6 Å². The quantitative estimate of drug-likeness (QED) is 0.552. The molecular formula is C18H28N4O3. The van der Waals surface area contributed by atoms with Gasteiger partial charge in [-0.3, -0.25) is 4.99 Å². The van der Waals surface area contributed by atoms with Crippen molar-refractivity contribution in [3.63, 3.8) is 0 Å². The molecule has 1 aliphatic rings. The van der Waals surface area contributed by atoms with Crippen LogP contribution in [0, 0.1) is 0 Å². The van der Waals surface area contributed by atoms with E-state index in [9.17, 15) is 9.90 Å². The number of nitrogens with one attached hydrogen (secondary N) is 1. The van der Waals surface area contributed by atoms with Crippen molar-refractivity contribution in [1.29, 1.82) is 0 Å². The Morgan fingerprint density at radius 1 is 1.40 bits per heavy atom. The van der Waals surface area contributed by atoms with Crippen LogP contribution in [0.3, 0.4) is 0 Å². The number of nitrogens with zero attached hydrogens (tertiary/aromatic N) is 2. The number of amides is 1. The van der Waals surface area contributed by atoms with E-state index in [1.165, 1.54) is 0 Å². The summed E-state index contributed by atoms with van der Waals surface area (Å²) in [5.41, 5.74) is 5.69. The predicted molar refractivity (Wildman–Crippen MR) is 97.3 cm³/mol. The van der Waals surface area contributed by atoms with Crippen LogP contribution in [0.4, 0.5) is 4.79 Å². The number of aliphatic hydroxyl groups is 1. The van der Waals surface area contributed by atoms with Crippen molar-refractivity contribution in [3.8, 4) is 0 Å². The standard InChI is InChI=1S/C18H28N4O3/c1-3-25-17(23)22-11-9-15(10-12-22)21-16(19)20-13-18(2,24)14-7-5-4-6-8-14/h4-8,15,24H,3,9-13H2,1-2H3,(H3,19,20,21). The van der Waals surface area contributed by atoms with Crippen LogP contribution in [0.2, 0.25) is 0 Å². The number of hydrogen-bond acceptors (Lipinski definition) is 4. The average molecular weight is 348 g/mol. The second-order valence-electron chi connectivity index (χ2n) is 6.45. The first-order chi connectivity index (χ1) is 11.9. The zero-order valence-electron chi connectivity index (χ0n) is 14.9. The van der Waals surface area contributed by atoms with Crippen molar-refractivity contribution in [3.05, 3.63) is 35.9 Å². The van der Waals surface area contributed by atoms with Gasteiger partial charge in [0, 0.05) is 19.1 Å². The number of carbonyl (C=O) groups is 1. The van der Waals surface area contributed by atoms with Crippen molar-refractivity contribution in [1.82, 2.24) is 10.2 Å². The van der Waals surface area contributed by atoms with Crippen LogP contribution in [-0.2, 0) is 10.3 Å². The zero-order valence-corrected chi connectivity index (χ0v) is 14.9. The summed E-state index contributed by atoms with van der Waals surface area (Å²) in [6.45, 7) is 5.34. The Morgan fingerprint density at radius 3 is 2.64 bits per heavy atom. The summed E-state index contributed by atoms with van der Waals surface area (Å²) in [4.78, 5) is 17.7. The molecule has 1 unspecified atom stereocenters. The minimum atomic E-state index is -1.07. The van der Waals surface area contributed by atoms with Gasteiger partial charge in [-0.05, 0) is 32.3 Å². The molecule has 0 radical (unpaired) electrons. The molecule has 1 atom stereocenters. The molecule has 0 spiro atoms. The van der Waals surface area contributed by atoms with E-state index in [0.717, 1.165) is 18.4 Å². The lowest BCUT2D eigenvalue weighted by molar-refractivity contribution is 0.0672. The first kappa shape index (κ1) is 19.1. The molecule has 0 saturated carbocycles. The van der Waals surface area contributed by atoms with Crippen LogP contribution < -0.4 is 11.1 Å². The summed E-state index contributed by atoms with van der Waals surface area (Å²) in [7, 11) is 0. The van der Waals surface area contributed by atoms with Gasteiger partial charge in [-0.1, -0.05) is 30.3 Å². The van der Waals surface area contributed by atoms with Crippen LogP contribution in [0.15, 0.2) is 35.3 Å². The number of carbonyl (C=O) groups excluding carboxylic acids is 1. The number of piperidine rings is 1. The number of ether oxygens (including phenoxy) is 1. The van der Waals surface area contributed by atoms with Gasteiger partial charge in [0.2, 0.25) is 0 Å². The Labute approximate surface area is 148 Å². The Morgan fingerprint density at radius 2 is 2.04 bits per heavy atom. The monoisotopic (exact) mass is 348 g/mol. The van der Waals surface area contributed by atoms with Gasteiger partial charge in [-0.25, -0.2) is 4.79 Å². The third kappa shape index (κ3) is 5.63. The molecule has 25 heavy (non-hydrogen) atoms. The molecule has 7 nitrogen and oxygen atoms in total. The topological polar surface area (TPSA) is 100 Å². The predicted octanol–water partition coefficient (Wildman–Crippen LogP) is 1.42. The Balaban J connectivity index is 1.81. The minimum absolute atomic E-state index is 0.163. The number of guanidine groups is 1. The highest BCUT2D eigenvalue weighted by atomic mass is 16.6. The summed E-state index contributed by atoms with van der Waals surface area (Å²) in [5.74, 6) is 0.311. The first-order valence-electron chi connectivity index (χ1n) is 8.68. The molecule has 7 heteroatoms. The van der Waals surface area contributed by atoms with Crippen LogP contribution in [0.5, 0.6) is 0 Å². The van der Waals surface area contributed by atoms with Crippen molar-refractivity contribution >= 4 is 12.1 Å². The molecule has 1 fully saturated rings. The SMILES string of the molecule is CCOC(=O)N1CCC(NC(N)=NCC(C)(O)c2ccccc2)CC1. The number of rotatable bonds is 5. The fourth-order valence-corrected chi connectivity index (χ4v) is 2.80. The Kier molecular flexibility index (Phi) is 6.64.